The average Bonchev–Trinajstić information content (AvgIpc) is 1.40. The van der Waals surface area contributed by atoms with Gasteiger partial charge in [0.25, 0.3) is 29.5 Å². The van der Waals surface area contributed by atoms with E-state index in [2.05, 4.69) is 56.8 Å². The smallest absolute Gasteiger partial charge is 0.410 e. The summed E-state index contributed by atoms with van der Waals surface area (Å²) in [6.45, 7) is 16.6. The lowest BCUT2D eigenvalue weighted by Crippen LogP contribution is -2.61. The van der Waals surface area contributed by atoms with E-state index in [0.29, 0.717) is 211 Å². The Morgan fingerprint density at radius 3 is 2.06 bits per heavy atom. The number of aromatic nitrogens is 11. The van der Waals surface area contributed by atoms with Crippen LogP contribution in [0.25, 0.3) is 33.4 Å². The van der Waals surface area contributed by atoms with Crippen LogP contribution >= 0.6 is 0 Å². The molecule has 0 radical (unpaired) electrons. The molecule has 8 aromatic rings. The van der Waals surface area contributed by atoms with Crippen LogP contribution in [0.4, 0.5) is 34.5 Å². The predicted octanol–water partition coefficient (Wildman–Crippen LogP) is 8.09. The number of cyclic esters (lactones) is 1. The van der Waals surface area contributed by atoms with Crippen molar-refractivity contribution in [3.05, 3.63) is 160 Å². The zero-order valence-corrected chi connectivity index (χ0v) is 78.6. The zero-order chi connectivity index (χ0) is 95.9. The summed E-state index contributed by atoms with van der Waals surface area (Å²) in [5.74, 6) is -7.28. The number of ketones is 3. The first-order valence-corrected chi connectivity index (χ1v) is 47.3. The highest BCUT2D eigenvalue weighted by Gasteiger charge is 2.54. The first kappa shape index (κ1) is 96.7. The maximum atomic E-state index is 14.9. The molecule has 0 unspecified atom stereocenters. The largest absolute Gasteiger partial charge is 0.459 e. The summed E-state index contributed by atoms with van der Waals surface area (Å²) in [6, 6.07) is 9.59. The third kappa shape index (κ3) is 21.5. The van der Waals surface area contributed by atoms with Gasteiger partial charge in [0.05, 0.1) is 53.6 Å². The second-order valence-corrected chi connectivity index (χ2v) is 37.5. The molecule has 8 aliphatic rings. The number of anilines is 5. The second-order valence-electron chi connectivity index (χ2n) is 37.5. The molecular weight excluding hydrogens is 1740 g/mol. The molecule has 38 nitrogen and oxygen atoms in total. The van der Waals surface area contributed by atoms with Gasteiger partial charge in [-0.3, -0.25) is 28.8 Å². The number of aliphatic hydroxyl groups excluding tert-OH is 1. The Bertz CT molecular complexity index is 5850. The molecule has 1 saturated carbocycles. The number of nitrogens with two attached hydrogens (primary N) is 3. The van der Waals surface area contributed by atoms with Crippen LogP contribution < -0.4 is 31.9 Å². The number of nitrogens with zero attached hydrogens (tertiary/aromatic N) is 18. The zero-order valence-electron chi connectivity index (χ0n) is 78.6. The van der Waals surface area contributed by atoms with E-state index in [0.717, 1.165) is 44.0 Å². The van der Waals surface area contributed by atoms with Gasteiger partial charge in [0.15, 0.2) is 17.0 Å². The lowest BCUT2D eigenvalue weighted by atomic mass is 9.80. The van der Waals surface area contributed by atoms with Crippen molar-refractivity contribution in [2.24, 2.45) is 35.3 Å². The molecule has 4 saturated heterocycles. The SMILES string of the molecule is CO[C@H]1C[C@@H]2CC[C@@H](C)[C@@](O)(O2)C(=O)C(=O)N2CCCC[C@H]2C(=O)O[C@H]([C@H](N)C[C@@H]2CC[C@@H](OC(=O)N3CCc4nc(N5CCN(c6ncc(C(=O)N7CCN(c8ncc(C(=O)N9CCc%10cc(Cn%11nc(-c%12ccc%13oc(N)nc%13c%12)c%12c(N)ncnc%12%11)ccc%10C9)cn8)CC7)cn6)CC5)ncc4C3)[C@H](OC)C2)CC(=O)[C@H](C)/C=C(\C)[C@@H](O)[C@@H](OC)C(=O)[C@H](C)C[C@H](C)/C=C/C=C/C=C/1C. The molecule has 2 aromatic carbocycles. The number of allylic oxidation sites excluding steroid dienone is 6. The quantitative estimate of drug-likeness (QED) is 0.0367. The van der Waals surface area contributed by atoms with Crippen LogP contribution in [-0.2, 0) is 84.9 Å². The van der Waals surface area contributed by atoms with Gasteiger partial charge in [0, 0.05) is 185 Å². The van der Waals surface area contributed by atoms with Crippen molar-refractivity contribution in [1.82, 2.24) is 74.2 Å². The van der Waals surface area contributed by atoms with Gasteiger partial charge in [-0.1, -0.05) is 82.4 Å². The Balaban J connectivity index is 0.487. The summed E-state index contributed by atoms with van der Waals surface area (Å²) >= 11 is 0. The summed E-state index contributed by atoms with van der Waals surface area (Å²) in [7, 11) is 4.47. The van der Waals surface area contributed by atoms with E-state index in [1.165, 1.54) is 13.4 Å². The number of carbonyl (C=O) groups is 8. The van der Waals surface area contributed by atoms with Crippen LogP contribution in [0.1, 0.15) is 167 Å². The van der Waals surface area contributed by atoms with Gasteiger partial charge < -0.3 is 94.6 Å². The van der Waals surface area contributed by atoms with E-state index >= 15 is 0 Å². The van der Waals surface area contributed by atoms with Crippen molar-refractivity contribution in [1.29, 1.82) is 0 Å². The molecule has 7 aliphatic heterocycles. The minimum atomic E-state index is -2.51. The van der Waals surface area contributed by atoms with E-state index < -0.39 is 108 Å². The first-order valence-electron chi connectivity index (χ1n) is 47.3. The number of esters is 1. The lowest BCUT2D eigenvalue weighted by Gasteiger charge is -2.42. The molecule has 13 heterocycles. The van der Waals surface area contributed by atoms with Crippen molar-refractivity contribution in [3.8, 4) is 11.3 Å². The van der Waals surface area contributed by atoms with Crippen LogP contribution in [0.15, 0.2) is 126 Å². The number of oxazole rings is 1. The van der Waals surface area contributed by atoms with Gasteiger partial charge in [-0.2, -0.15) is 10.1 Å². The molecule has 5 fully saturated rings. The number of hydrogen-bond donors (Lipinski definition) is 5. The van der Waals surface area contributed by atoms with E-state index in [9.17, 15) is 48.6 Å². The molecule has 136 heavy (non-hydrogen) atoms. The summed E-state index contributed by atoms with van der Waals surface area (Å²) in [5, 5.41) is 29.5. The van der Waals surface area contributed by atoms with E-state index in [-0.39, 0.29) is 74.2 Å². The lowest BCUT2D eigenvalue weighted by molar-refractivity contribution is -0.265. The van der Waals surface area contributed by atoms with E-state index in [4.69, 9.17) is 65.1 Å². The second kappa shape index (κ2) is 42.4. The number of piperazine rings is 2. The van der Waals surface area contributed by atoms with Crippen molar-refractivity contribution in [2.75, 3.05) is 119 Å². The number of hydrogen-bond acceptors (Lipinski definition) is 33. The van der Waals surface area contributed by atoms with Crippen LogP contribution in [0.5, 0.6) is 0 Å². The molecule has 38 heteroatoms. The number of piperidine rings is 1. The molecule has 2 bridgehead atoms. The Morgan fingerprint density at radius 2 is 1.35 bits per heavy atom. The number of Topliss-reactive ketones (excluding diaryl/α,β-unsaturated/α-hetero) is 3. The number of ether oxygens (including phenoxy) is 6. The van der Waals surface area contributed by atoms with E-state index in [1.54, 1.807) is 94.8 Å². The monoisotopic (exact) mass is 1870 g/mol. The third-order valence-electron chi connectivity index (χ3n) is 28.2. The van der Waals surface area contributed by atoms with Gasteiger partial charge in [0.1, 0.15) is 59.6 Å². The maximum absolute atomic E-state index is 14.9. The van der Waals surface area contributed by atoms with Crippen LogP contribution in [0.3, 0.4) is 0 Å². The van der Waals surface area contributed by atoms with Gasteiger partial charge in [-0.15, -0.1) is 0 Å². The summed E-state index contributed by atoms with van der Waals surface area (Å²) < 4.78 is 43.7. The minimum absolute atomic E-state index is 0.00179. The average molecular weight is 1870 g/mol. The number of methoxy groups -OCH3 is 3. The number of aliphatic hydroxyl groups is 2. The first-order chi connectivity index (χ1) is 65.5. The number of benzene rings is 2. The van der Waals surface area contributed by atoms with Crippen molar-refractivity contribution < 1.29 is 81.4 Å². The summed E-state index contributed by atoms with van der Waals surface area (Å²) in [6.07, 6.45) is 18.7. The maximum Gasteiger partial charge on any atom is 0.410 e. The molecule has 15 atom stereocenters. The summed E-state index contributed by atoms with van der Waals surface area (Å²) in [4.78, 5) is 169. The molecule has 1 aliphatic carbocycles. The number of carbonyl (C=O) groups excluding carboxylic acids is 8. The van der Waals surface area contributed by atoms with Crippen molar-refractivity contribution in [2.45, 2.75) is 212 Å². The molecule has 8 N–H and O–H groups in total. The fourth-order valence-electron chi connectivity index (χ4n) is 20.1. The normalized spacial score (nSPS) is 27.8. The van der Waals surface area contributed by atoms with Crippen LogP contribution in [-0.4, -0.2) is 286 Å². The number of nitrogen functional groups attached to an aromatic ring is 2. The van der Waals surface area contributed by atoms with Crippen molar-refractivity contribution in [3.63, 3.8) is 0 Å². The van der Waals surface area contributed by atoms with Crippen molar-refractivity contribution >= 4 is 98.9 Å². The highest BCUT2D eigenvalue weighted by atomic mass is 16.6. The topological polar surface area (TPSA) is 480 Å². The van der Waals surface area contributed by atoms with Gasteiger partial charge in [0.2, 0.25) is 23.6 Å². The van der Waals surface area contributed by atoms with Gasteiger partial charge in [-0.25, -0.2) is 54.1 Å². The molecule has 4 amide bonds. The fourth-order valence-corrected chi connectivity index (χ4v) is 20.1. The number of amides is 4. The molecule has 6 aromatic heterocycles. The number of fused-ring (bicyclic) bond motifs is 7. The molecule has 16 rings (SSSR count). The highest BCUT2D eigenvalue weighted by molar-refractivity contribution is 6.39. The Hall–Kier alpha value is -12.5. The predicted molar refractivity (Wildman–Crippen MR) is 502 cm³/mol. The van der Waals surface area contributed by atoms with Crippen LogP contribution in [0, 0.1) is 29.6 Å². The Kier molecular flexibility index (Phi) is 30.2. The summed E-state index contributed by atoms with van der Waals surface area (Å²) in [5.41, 5.74) is 29.2. The fraction of sp³-hybridized carbons (Fsp3) is 0.531. The molecule has 722 valence electrons. The molecule has 0 spiro atoms. The third-order valence-corrected chi connectivity index (χ3v) is 28.2. The van der Waals surface area contributed by atoms with Crippen LogP contribution in [0.2, 0.25) is 0 Å². The Morgan fingerprint density at radius 1 is 0.654 bits per heavy atom. The van der Waals surface area contributed by atoms with E-state index in [1.807, 2.05) is 76.9 Å². The highest BCUT2D eigenvalue weighted by Crippen LogP contribution is 2.40. The Labute approximate surface area is 788 Å². The standard InChI is InChI=1S/C98H123N21O17/c1-56-15-11-10-12-16-57(2)78(130-7)45-70-23-18-61(6)98(129,136-70)86(123)91(126)118-28-14-13-17-74(118)92(127)133-79(46-75(120)58(3)40-60(5)84(122)85(132-9)83(121)59(4)39-56)71(99)42-62-20-24-77(80(43-62)131-8)135-97(128)117-30-27-72-69(54-117)51-106-96(110-72)115-37-35-114(36-38-115)95-102-47-67(48-103-95)89(124)112-31-33-113(34-32-112)94-104-49-68(50-105-94)90(125)116-29-26-64-41-63(19-21-66(64)53-116)52-119-88-81(87(100)107-55-108-88)82(111-119)65-22-25-76-73(44-65)109-93(101)134-76/h10-12,15-16,19,21-22,25,40-41,44,47-51,55-56,58-59,61-62,70-71,74,77-80,84-85,122,129H,13-14,17-18,20,23-24,26-39,42-43,45-46,52-54,99H2,1-9H3,(H2,101,109)(H2,100,107,108)/b12-10+,15-11+,57-16+,60-40+/t56-,58-,59-,61-,62+,70+,71-,74+,77-,78+,79+,80-,84-,85+,98-/m1/s1. The molecular formula is C98H123N21O17. The minimum Gasteiger partial charge on any atom is -0.459 e. The number of rotatable bonds is 15. The van der Waals surface area contributed by atoms with Gasteiger partial charge >= 0.3 is 12.1 Å². The van der Waals surface area contributed by atoms with Gasteiger partial charge in [-0.05, 0) is 142 Å².